The van der Waals surface area contributed by atoms with Crippen LogP contribution in [-0.4, -0.2) is 17.4 Å². The molecule has 0 heterocycles. The van der Waals surface area contributed by atoms with Crippen molar-refractivity contribution in [1.82, 2.24) is 0 Å². The maximum atomic E-state index is 15.1. The molecule has 0 aliphatic rings. The van der Waals surface area contributed by atoms with Gasteiger partial charge in [0.05, 0.1) is 11.1 Å². The van der Waals surface area contributed by atoms with Gasteiger partial charge in [-0.05, 0) is 6.42 Å². The topological polar surface area (TPSA) is 49.7 Å². The molecule has 0 saturated carbocycles. The first-order valence-electron chi connectivity index (χ1n) is 10.5. The van der Waals surface area contributed by atoms with Gasteiger partial charge in [-0.25, -0.2) is 65.9 Å². The van der Waals surface area contributed by atoms with Gasteiger partial charge >= 0.3 is 7.32 Å². The highest BCUT2D eigenvalue weighted by molar-refractivity contribution is 6.33. The van der Waals surface area contributed by atoms with E-state index in [9.17, 15) is 58.3 Å². The Labute approximate surface area is 217 Å². The second kappa shape index (κ2) is 11.1. The summed E-state index contributed by atoms with van der Waals surface area (Å²) < 4.78 is 221. The molecule has 3 aromatic carbocycles. The van der Waals surface area contributed by atoms with Crippen LogP contribution >= 0.6 is 0 Å². The normalized spacial score (nSPS) is 12.7. The first-order chi connectivity index (χ1) is 18.9. The minimum absolute atomic E-state index is 0.530. The van der Waals surface area contributed by atoms with Crippen LogP contribution in [0.2, 0.25) is 0 Å². The van der Waals surface area contributed by atoms with Crippen molar-refractivity contribution in [3.8, 4) is 0 Å². The summed E-state index contributed by atoms with van der Waals surface area (Å²) in [4.78, 5) is 0. The zero-order valence-electron chi connectivity index (χ0n) is 19.3. The van der Waals surface area contributed by atoms with Crippen molar-refractivity contribution >= 4 is 7.32 Å². The predicted octanol–water partition coefficient (Wildman–Crippen LogP) is 6.20. The molecular weight excluding hydrogens is 608 g/mol. The van der Waals surface area contributed by atoms with E-state index >= 15 is 17.6 Å². The third-order valence-electron chi connectivity index (χ3n) is 5.94. The second-order valence-corrected chi connectivity index (χ2v) is 8.01. The summed E-state index contributed by atoms with van der Waals surface area (Å²) in [5.41, 5.74) is -13.0. The molecule has 0 saturated heterocycles. The Bertz CT molecular complexity index is 1410. The van der Waals surface area contributed by atoms with Crippen LogP contribution in [0.4, 0.5) is 65.9 Å². The average Bonchev–Trinajstić information content (AvgIpc) is 2.92. The molecule has 2 N–H and O–H groups in total. The number of benzene rings is 3. The Hall–Kier alpha value is -3.45. The molecule has 3 rings (SSSR count). The highest BCUT2D eigenvalue weighted by Crippen LogP contribution is 2.53. The smallest absolute Gasteiger partial charge is 0.402 e. The van der Waals surface area contributed by atoms with Gasteiger partial charge in [0.1, 0.15) is 5.60 Å². The average molecular weight is 616 g/mol. The molecule has 0 spiro atoms. The Morgan fingerprint density at radius 1 is 0.488 bits per heavy atom. The van der Waals surface area contributed by atoms with Crippen molar-refractivity contribution in [2.24, 2.45) is 0 Å². The van der Waals surface area contributed by atoms with Gasteiger partial charge in [0.2, 0.25) is 17.5 Å². The van der Waals surface area contributed by atoms with Crippen LogP contribution in [0.1, 0.15) is 36.0 Å². The van der Waals surface area contributed by atoms with Gasteiger partial charge in [-0.3, -0.25) is 0 Å². The molecule has 19 heteroatoms. The summed E-state index contributed by atoms with van der Waals surface area (Å²) in [6.45, 7) is 0.530. The van der Waals surface area contributed by atoms with Crippen LogP contribution in [0, 0.1) is 87.3 Å². The standard InChI is InChI=1S/C22H8BF15O3/c1-2-3(4-7(24)13(30)19(36)14(31)8(4)25)22(41-23(39)40,5-9(26)15(32)20(37)16(33)10(5)27)6-11(28)17(34)21(38)18(35)12(6)29/h3,39-40H,2H2,1H3. The van der Waals surface area contributed by atoms with Crippen LogP contribution in [-0.2, 0) is 10.3 Å². The number of hydrogen-bond acceptors (Lipinski definition) is 3. The van der Waals surface area contributed by atoms with Gasteiger partial charge in [0, 0.05) is 11.5 Å². The number of halogens is 15. The predicted molar refractivity (Wildman–Crippen MR) is 104 cm³/mol. The zero-order chi connectivity index (χ0) is 31.5. The van der Waals surface area contributed by atoms with E-state index in [1.165, 1.54) is 0 Å². The Balaban J connectivity index is 2.83. The summed E-state index contributed by atoms with van der Waals surface area (Å²) in [5.74, 6) is -49.4. The highest BCUT2D eigenvalue weighted by Gasteiger charge is 2.57. The first-order valence-corrected chi connectivity index (χ1v) is 10.5. The van der Waals surface area contributed by atoms with E-state index in [-0.39, 0.29) is 0 Å². The van der Waals surface area contributed by atoms with E-state index in [0.29, 0.717) is 6.92 Å². The molecule has 0 fully saturated rings. The largest absolute Gasteiger partial charge is 0.634 e. The minimum atomic E-state index is -4.88. The van der Waals surface area contributed by atoms with Gasteiger partial charge < -0.3 is 14.7 Å². The quantitative estimate of drug-likeness (QED) is 0.144. The number of rotatable bonds is 7. The molecule has 41 heavy (non-hydrogen) atoms. The molecule has 0 aliphatic carbocycles. The zero-order valence-corrected chi connectivity index (χ0v) is 19.3. The van der Waals surface area contributed by atoms with Crippen molar-refractivity contribution in [2.45, 2.75) is 24.9 Å². The molecule has 3 nitrogen and oxygen atoms in total. The lowest BCUT2D eigenvalue weighted by Crippen LogP contribution is -2.47. The number of hydrogen-bond donors (Lipinski definition) is 2. The van der Waals surface area contributed by atoms with Crippen LogP contribution in [0.5, 0.6) is 0 Å². The van der Waals surface area contributed by atoms with Crippen molar-refractivity contribution in [2.75, 3.05) is 0 Å². The summed E-state index contributed by atoms with van der Waals surface area (Å²) in [6.07, 6.45) is -1.52. The Kier molecular flexibility index (Phi) is 8.67. The molecule has 0 aromatic heterocycles. The maximum absolute atomic E-state index is 15.1. The van der Waals surface area contributed by atoms with Gasteiger partial charge in [0.15, 0.2) is 69.8 Å². The van der Waals surface area contributed by atoms with Crippen LogP contribution in [0.25, 0.3) is 0 Å². The molecule has 0 aliphatic heterocycles. The Morgan fingerprint density at radius 3 is 0.976 bits per heavy atom. The summed E-state index contributed by atoms with van der Waals surface area (Å²) in [7, 11) is -3.81. The third kappa shape index (κ3) is 4.59. The van der Waals surface area contributed by atoms with Crippen LogP contribution in [0.15, 0.2) is 0 Å². The van der Waals surface area contributed by atoms with Gasteiger partial charge in [-0.2, -0.15) is 0 Å². The highest BCUT2D eigenvalue weighted by atomic mass is 19.2. The molecular formula is C22H8BF15O3. The fourth-order valence-corrected chi connectivity index (χ4v) is 4.32. The maximum Gasteiger partial charge on any atom is 0.634 e. The monoisotopic (exact) mass is 616 g/mol. The lowest BCUT2D eigenvalue weighted by molar-refractivity contribution is 0.00787. The molecule has 1 atom stereocenters. The Morgan fingerprint density at radius 2 is 0.732 bits per heavy atom. The van der Waals surface area contributed by atoms with Crippen LogP contribution < -0.4 is 0 Å². The fourth-order valence-electron chi connectivity index (χ4n) is 4.32. The molecule has 0 amide bonds. The molecule has 0 radical (unpaired) electrons. The summed E-state index contributed by atoms with van der Waals surface area (Å²) in [5, 5.41) is 18.9. The molecule has 0 bridgehead atoms. The van der Waals surface area contributed by atoms with E-state index in [0.717, 1.165) is 0 Å². The molecule has 222 valence electrons. The molecule has 3 aromatic rings. The lowest BCUT2D eigenvalue weighted by atomic mass is 9.69. The van der Waals surface area contributed by atoms with Gasteiger partial charge in [-0.15, -0.1) is 0 Å². The van der Waals surface area contributed by atoms with Crippen molar-refractivity contribution in [3.63, 3.8) is 0 Å². The van der Waals surface area contributed by atoms with Crippen molar-refractivity contribution in [1.29, 1.82) is 0 Å². The van der Waals surface area contributed by atoms with Crippen molar-refractivity contribution < 1.29 is 80.6 Å². The molecule has 1 unspecified atom stereocenters. The van der Waals surface area contributed by atoms with Gasteiger partial charge in [-0.1, -0.05) is 6.92 Å². The summed E-state index contributed by atoms with van der Waals surface area (Å²) in [6, 6.07) is 0. The van der Waals surface area contributed by atoms with Gasteiger partial charge in [0.25, 0.3) is 0 Å². The van der Waals surface area contributed by atoms with E-state index in [4.69, 9.17) is 0 Å². The fraction of sp³-hybridized carbons (Fsp3) is 0.182. The summed E-state index contributed by atoms with van der Waals surface area (Å²) >= 11 is 0. The van der Waals surface area contributed by atoms with Crippen molar-refractivity contribution in [3.05, 3.63) is 104 Å². The van der Waals surface area contributed by atoms with E-state index in [1.54, 1.807) is 0 Å². The van der Waals surface area contributed by atoms with Crippen LogP contribution in [0.3, 0.4) is 0 Å². The lowest BCUT2D eigenvalue weighted by Gasteiger charge is -2.42. The SMILES string of the molecule is CCC(c1c(F)c(F)c(F)c(F)c1F)C(OB(O)O)(c1c(F)c(F)c(F)c(F)c1F)c1c(F)c(F)c(F)c(F)c1F. The first kappa shape index (κ1) is 32.1. The minimum Gasteiger partial charge on any atom is -0.402 e. The van der Waals surface area contributed by atoms with E-state index in [2.05, 4.69) is 4.65 Å². The second-order valence-electron chi connectivity index (χ2n) is 8.01. The van der Waals surface area contributed by atoms with E-state index in [1.807, 2.05) is 0 Å². The third-order valence-corrected chi connectivity index (χ3v) is 5.94. The van der Waals surface area contributed by atoms with E-state index < -0.39 is 129 Å².